The van der Waals surface area contributed by atoms with Gasteiger partial charge in [0, 0.05) is 23.7 Å². The molecule has 0 aliphatic carbocycles. The Bertz CT molecular complexity index is 1150. The summed E-state index contributed by atoms with van der Waals surface area (Å²) < 4.78 is 33.5. The number of alkyl halides is 2. The molecule has 0 saturated heterocycles. The molecule has 0 aliphatic heterocycles. The second kappa shape index (κ2) is 11.0. The van der Waals surface area contributed by atoms with Crippen LogP contribution in [0.5, 0.6) is 5.75 Å². The molecule has 2 aromatic heterocycles. The molecule has 0 radical (unpaired) electrons. The van der Waals surface area contributed by atoms with Crippen LogP contribution in [0.4, 0.5) is 14.6 Å². The van der Waals surface area contributed by atoms with Gasteiger partial charge in [0.2, 0.25) is 0 Å². The summed E-state index contributed by atoms with van der Waals surface area (Å²) in [7, 11) is 0. The fourth-order valence-electron chi connectivity index (χ4n) is 2.84. The van der Waals surface area contributed by atoms with Gasteiger partial charge in [-0.3, -0.25) is 4.98 Å². The molecular formula is C22H17F2N5O2S. The van der Waals surface area contributed by atoms with Gasteiger partial charge in [0.25, 0.3) is 0 Å². The molecule has 1 aromatic carbocycles. The summed E-state index contributed by atoms with van der Waals surface area (Å²) in [6, 6.07) is 14.4. The smallest absolute Gasteiger partial charge is 0.345 e. The van der Waals surface area contributed by atoms with Crippen molar-refractivity contribution in [3.8, 4) is 29.0 Å². The van der Waals surface area contributed by atoms with Gasteiger partial charge in [-0.25, -0.2) is 4.98 Å². The first-order valence-electron chi connectivity index (χ1n) is 9.31. The molecule has 10 heteroatoms. The normalized spacial score (nSPS) is 10.5. The Morgan fingerprint density at radius 2 is 1.81 bits per heavy atom. The molecule has 0 amide bonds. The second-order valence-electron chi connectivity index (χ2n) is 6.31. The van der Waals surface area contributed by atoms with Gasteiger partial charge >= 0.3 is 6.61 Å². The van der Waals surface area contributed by atoms with E-state index < -0.39 is 6.61 Å². The van der Waals surface area contributed by atoms with E-state index in [1.165, 1.54) is 11.8 Å². The minimum absolute atomic E-state index is 0.0275. The Morgan fingerprint density at radius 3 is 2.44 bits per heavy atom. The predicted octanol–water partition coefficient (Wildman–Crippen LogP) is 4.38. The Hall–Kier alpha value is -3.73. The third-order valence-electron chi connectivity index (χ3n) is 4.25. The first-order valence-corrected chi connectivity index (χ1v) is 10.3. The zero-order valence-electron chi connectivity index (χ0n) is 16.7. The number of aromatic nitrogens is 2. The summed E-state index contributed by atoms with van der Waals surface area (Å²) >= 11 is 1.32. The molecule has 162 valence electrons. The minimum Gasteiger partial charge on any atom is -0.491 e. The van der Waals surface area contributed by atoms with Crippen LogP contribution in [-0.2, 0) is 10.5 Å². The molecule has 7 nitrogen and oxygen atoms in total. The predicted molar refractivity (Wildman–Crippen MR) is 115 cm³/mol. The largest absolute Gasteiger partial charge is 0.491 e. The highest BCUT2D eigenvalue weighted by Gasteiger charge is 2.20. The van der Waals surface area contributed by atoms with E-state index in [4.69, 9.17) is 10.5 Å². The van der Waals surface area contributed by atoms with Gasteiger partial charge in [0.15, 0.2) is 0 Å². The van der Waals surface area contributed by atoms with Crippen molar-refractivity contribution in [2.45, 2.75) is 17.4 Å². The Labute approximate surface area is 187 Å². The van der Waals surface area contributed by atoms with Crippen LogP contribution >= 0.6 is 11.8 Å². The molecule has 32 heavy (non-hydrogen) atoms. The molecule has 0 spiro atoms. The van der Waals surface area contributed by atoms with Crippen molar-refractivity contribution < 1.29 is 18.3 Å². The molecule has 0 fully saturated rings. The monoisotopic (exact) mass is 453 g/mol. The molecular weight excluding hydrogens is 436 g/mol. The van der Waals surface area contributed by atoms with E-state index >= 15 is 0 Å². The van der Waals surface area contributed by atoms with E-state index in [9.17, 15) is 19.3 Å². The number of ether oxygens (including phenoxy) is 2. The van der Waals surface area contributed by atoms with E-state index in [2.05, 4.69) is 20.8 Å². The summed E-state index contributed by atoms with van der Waals surface area (Å²) in [6.07, 6.45) is 3.39. The number of rotatable bonds is 9. The van der Waals surface area contributed by atoms with Crippen LogP contribution in [0.15, 0.2) is 53.8 Å². The van der Waals surface area contributed by atoms with E-state index in [0.717, 1.165) is 5.56 Å². The number of nitrogens with two attached hydrogens (primary N) is 1. The van der Waals surface area contributed by atoms with Crippen molar-refractivity contribution in [1.82, 2.24) is 9.97 Å². The lowest BCUT2D eigenvalue weighted by Crippen LogP contribution is -2.09. The van der Waals surface area contributed by atoms with Gasteiger partial charge in [0.05, 0.1) is 12.2 Å². The quantitative estimate of drug-likeness (QED) is 0.375. The Balaban J connectivity index is 1.88. The number of nitriles is 2. The van der Waals surface area contributed by atoms with Crippen molar-refractivity contribution >= 4 is 17.6 Å². The maximum absolute atomic E-state index is 12.0. The minimum atomic E-state index is -2.85. The van der Waals surface area contributed by atoms with Crippen LogP contribution in [0.2, 0.25) is 0 Å². The molecule has 3 aromatic rings. The summed E-state index contributed by atoms with van der Waals surface area (Å²) in [5.41, 5.74) is 8.28. The zero-order chi connectivity index (χ0) is 22.9. The fourth-order valence-corrected chi connectivity index (χ4v) is 3.77. The van der Waals surface area contributed by atoms with Crippen LogP contribution < -0.4 is 10.5 Å². The van der Waals surface area contributed by atoms with Gasteiger partial charge in [-0.2, -0.15) is 19.3 Å². The van der Waals surface area contributed by atoms with Gasteiger partial charge in [-0.15, -0.1) is 11.8 Å². The number of nitrogen functional groups attached to an aromatic ring is 1. The third kappa shape index (κ3) is 5.70. The van der Waals surface area contributed by atoms with E-state index in [-0.39, 0.29) is 30.2 Å². The van der Waals surface area contributed by atoms with Crippen LogP contribution in [-0.4, -0.2) is 29.8 Å². The molecule has 3 rings (SSSR count). The standard InChI is InChI=1S/C22H17F2N5O2S/c23-22(24)31-9-8-30-16-5-3-15(4-6-16)19-17(10-25)20(27)29-21(18(19)11-26)32-13-14-2-1-7-28-12-14/h1-7,12,22H,8-9,13H2,(H2,27,29). The lowest BCUT2D eigenvalue weighted by Gasteiger charge is -2.13. The SMILES string of the molecule is N#Cc1c(N)nc(SCc2cccnc2)c(C#N)c1-c1ccc(OCCOC(F)F)cc1. The molecule has 0 unspecified atom stereocenters. The second-order valence-corrected chi connectivity index (χ2v) is 7.27. The topological polar surface area (TPSA) is 118 Å². The highest BCUT2D eigenvalue weighted by atomic mass is 32.2. The van der Waals surface area contributed by atoms with Crippen molar-refractivity contribution in [3.63, 3.8) is 0 Å². The van der Waals surface area contributed by atoms with Crippen LogP contribution in [0.25, 0.3) is 11.1 Å². The number of nitrogens with zero attached hydrogens (tertiary/aromatic N) is 4. The van der Waals surface area contributed by atoms with E-state index in [0.29, 0.717) is 27.7 Å². The molecule has 2 heterocycles. The van der Waals surface area contributed by atoms with E-state index in [1.54, 1.807) is 36.7 Å². The van der Waals surface area contributed by atoms with Crippen LogP contribution in [0.3, 0.4) is 0 Å². The van der Waals surface area contributed by atoms with Crippen molar-refractivity contribution in [2.24, 2.45) is 0 Å². The Morgan fingerprint density at radius 1 is 1.06 bits per heavy atom. The number of anilines is 1. The summed E-state index contributed by atoms with van der Waals surface area (Å²) in [6.45, 7) is -3.15. The highest BCUT2D eigenvalue weighted by Crippen LogP contribution is 2.37. The first-order chi connectivity index (χ1) is 15.5. The summed E-state index contributed by atoms with van der Waals surface area (Å²) in [4.78, 5) is 8.34. The molecule has 0 saturated carbocycles. The third-order valence-corrected chi connectivity index (χ3v) is 5.30. The molecule has 0 aliphatic rings. The lowest BCUT2D eigenvalue weighted by atomic mass is 9.97. The maximum atomic E-state index is 12.0. The average molecular weight is 453 g/mol. The number of thioether (sulfide) groups is 1. The van der Waals surface area contributed by atoms with Gasteiger partial charge in [-0.05, 0) is 29.3 Å². The zero-order valence-corrected chi connectivity index (χ0v) is 17.5. The fraction of sp³-hybridized carbons (Fsp3) is 0.182. The number of pyridine rings is 2. The van der Waals surface area contributed by atoms with Gasteiger partial charge in [-0.1, -0.05) is 18.2 Å². The number of benzene rings is 1. The lowest BCUT2D eigenvalue weighted by molar-refractivity contribution is -0.133. The number of halogens is 2. The molecule has 0 bridgehead atoms. The summed E-state index contributed by atoms with van der Waals surface area (Å²) in [5, 5.41) is 19.9. The van der Waals surface area contributed by atoms with E-state index in [1.807, 2.05) is 18.2 Å². The maximum Gasteiger partial charge on any atom is 0.345 e. The van der Waals surface area contributed by atoms with Crippen molar-refractivity contribution in [2.75, 3.05) is 18.9 Å². The first kappa shape index (κ1) is 22.9. The van der Waals surface area contributed by atoms with Gasteiger partial charge < -0.3 is 15.2 Å². The highest BCUT2D eigenvalue weighted by molar-refractivity contribution is 7.98. The average Bonchev–Trinajstić information content (AvgIpc) is 2.81. The van der Waals surface area contributed by atoms with Crippen LogP contribution in [0.1, 0.15) is 16.7 Å². The Kier molecular flexibility index (Phi) is 7.92. The van der Waals surface area contributed by atoms with Crippen molar-refractivity contribution in [1.29, 1.82) is 10.5 Å². The van der Waals surface area contributed by atoms with Crippen LogP contribution in [0, 0.1) is 22.7 Å². The number of hydrogen-bond donors (Lipinski definition) is 1. The molecule has 2 N–H and O–H groups in total. The summed E-state index contributed by atoms with van der Waals surface area (Å²) in [5.74, 6) is 0.977. The molecule has 0 atom stereocenters. The number of hydrogen-bond acceptors (Lipinski definition) is 8. The van der Waals surface area contributed by atoms with Gasteiger partial charge in [0.1, 0.15) is 40.9 Å². The van der Waals surface area contributed by atoms with Crippen molar-refractivity contribution in [3.05, 3.63) is 65.5 Å².